The number of sulfonamides is 1. The summed E-state index contributed by atoms with van der Waals surface area (Å²) in [6, 6.07) is 16.4. The van der Waals surface area contributed by atoms with E-state index in [4.69, 9.17) is 0 Å². The summed E-state index contributed by atoms with van der Waals surface area (Å²) in [4.78, 5) is 2.12. The maximum Gasteiger partial charge on any atom is 0.148 e. The molecule has 0 aromatic heterocycles. The van der Waals surface area contributed by atoms with Gasteiger partial charge in [0.25, 0.3) is 0 Å². The van der Waals surface area contributed by atoms with Crippen molar-refractivity contribution in [1.82, 2.24) is 0 Å². The smallest absolute Gasteiger partial charge is 0.148 e. The van der Waals surface area contributed by atoms with Crippen LogP contribution in [0.25, 0.3) is 4.13 Å². The summed E-state index contributed by atoms with van der Waals surface area (Å²) in [6.07, 6.45) is 0. The van der Waals surface area contributed by atoms with Gasteiger partial charge in [0.15, 0.2) is 0 Å². The summed E-state index contributed by atoms with van der Waals surface area (Å²) in [7, 11) is -3.70. The zero-order chi connectivity index (χ0) is 17.0. The number of hydrogen-bond donors (Lipinski definition) is 0. The Labute approximate surface area is 142 Å². The Bertz CT molecular complexity index is 791. The third-order valence-electron chi connectivity index (χ3n) is 3.45. The SMILES string of the molecule is CC(C)=C(C)[S+]([N-]S(=O)(=O)c1ccc(C)cc1)c1ccccc1. The predicted octanol–water partition coefficient (Wildman–Crippen LogP) is 4.96. The zero-order valence-corrected chi connectivity index (χ0v) is 15.4. The van der Waals surface area contributed by atoms with Gasteiger partial charge < -0.3 is 4.13 Å². The second-order valence-electron chi connectivity index (χ2n) is 5.52. The minimum absolute atomic E-state index is 0.234. The number of nitrogens with zero attached hydrogens (tertiary/aromatic N) is 1. The summed E-state index contributed by atoms with van der Waals surface area (Å²) < 4.78 is 29.6. The zero-order valence-electron chi connectivity index (χ0n) is 13.8. The van der Waals surface area contributed by atoms with Gasteiger partial charge in [-0.3, -0.25) is 0 Å². The van der Waals surface area contributed by atoms with Crippen LogP contribution in [0.4, 0.5) is 0 Å². The first-order valence-corrected chi connectivity index (χ1v) is 9.91. The van der Waals surface area contributed by atoms with E-state index in [-0.39, 0.29) is 4.90 Å². The topological polar surface area (TPSA) is 48.2 Å². The van der Waals surface area contributed by atoms with Crippen molar-refractivity contribution in [3.05, 3.63) is 74.8 Å². The van der Waals surface area contributed by atoms with Gasteiger partial charge in [0.2, 0.25) is 0 Å². The lowest BCUT2D eigenvalue weighted by Gasteiger charge is -2.22. The van der Waals surface area contributed by atoms with Gasteiger partial charge in [-0.05, 0) is 61.7 Å². The highest BCUT2D eigenvalue weighted by molar-refractivity contribution is 8.16. The Balaban J connectivity index is 2.42. The fourth-order valence-electron chi connectivity index (χ4n) is 1.87. The lowest BCUT2D eigenvalue weighted by Crippen LogP contribution is -2.10. The van der Waals surface area contributed by atoms with Crippen LogP contribution in [0.3, 0.4) is 0 Å². The van der Waals surface area contributed by atoms with E-state index in [1.807, 2.05) is 58.0 Å². The van der Waals surface area contributed by atoms with E-state index in [0.29, 0.717) is 0 Å². The molecule has 0 radical (unpaired) electrons. The Kier molecular flexibility index (Phi) is 5.68. The van der Waals surface area contributed by atoms with Crippen molar-refractivity contribution in [1.29, 1.82) is 0 Å². The van der Waals surface area contributed by atoms with Crippen LogP contribution < -0.4 is 0 Å². The summed E-state index contributed by atoms with van der Waals surface area (Å²) in [6.45, 7) is 7.83. The molecule has 2 rings (SSSR count). The van der Waals surface area contributed by atoms with E-state index in [9.17, 15) is 8.42 Å². The van der Waals surface area contributed by atoms with Gasteiger partial charge in [-0.1, -0.05) is 35.9 Å². The quantitative estimate of drug-likeness (QED) is 0.717. The Hall–Kier alpha value is -1.56. The van der Waals surface area contributed by atoms with Crippen molar-refractivity contribution in [2.75, 3.05) is 0 Å². The van der Waals surface area contributed by atoms with E-state index in [0.717, 1.165) is 20.9 Å². The van der Waals surface area contributed by atoms with Crippen LogP contribution in [0, 0.1) is 6.92 Å². The van der Waals surface area contributed by atoms with Crippen LogP contribution in [0.5, 0.6) is 0 Å². The first kappa shape index (κ1) is 17.8. The molecule has 5 heteroatoms. The highest BCUT2D eigenvalue weighted by atomic mass is 32.3. The molecule has 0 aliphatic rings. The summed E-state index contributed by atoms with van der Waals surface area (Å²) >= 11 is -0.821. The van der Waals surface area contributed by atoms with Crippen molar-refractivity contribution in [3.63, 3.8) is 0 Å². The first-order chi connectivity index (χ1) is 10.8. The fraction of sp³-hybridized carbons (Fsp3) is 0.222. The Morgan fingerprint density at radius 1 is 0.913 bits per heavy atom. The van der Waals surface area contributed by atoms with E-state index in [1.165, 1.54) is 0 Å². The molecule has 0 saturated heterocycles. The minimum Gasteiger partial charge on any atom is -0.302 e. The summed E-state index contributed by atoms with van der Waals surface area (Å²) in [5.41, 5.74) is 2.10. The highest BCUT2D eigenvalue weighted by Gasteiger charge is 2.22. The maximum absolute atomic E-state index is 12.7. The molecule has 0 amide bonds. The van der Waals surface area contributed by atoms with Crippen LogP contribution in [0.2, 0.25) is 0 Å². The van der Waals surface area contributed by atoms with E-state index < -0.39 is 21.1 Å². The molecule has 2 aromatic rings. The number of allylic oxidation sites excluding steroid dienone is 2. The predicted molar refractivity (Wildman–Crippen MR) is 97.8 cm³/mol. The van der Waals surface area contributed by atoms with Crippen LogP contribution in [-0.2, 0) is 21.1 Å². The van der Waals surface area contributed by atoms with Crippen molar-refractivity contribution in [3.8, 4) is 0 Å². The second-order valence-corrected chi connectivity index (χ2v) is 9.19. The van der Waals surface area contributed by atoms with Gasteiger partial charge in [-0.25, -0.2) is 8.42 Å². The van der Waals surface area contributed by atoms with Crippen molar-refractivity contribution in [2.24, 2.45) is 0 Å². The molecule has 0 saturated carbocycles. The maximum atomic E-state index is 12.7. The third-order valence-corrected chi connectivity index (χ3v) is 7.41. The Morgan fingerprint density at radius 2 is 1.48 bits per heavy atom. The van der Waals surface area contributed by atoms with Gasteiger partial charge in [0.1, 0.15) is 19.8 Å². The van der Waals surface area contributed by atoms with Gasteiger partial charge in [-0.15, -0.1) is 0 Å². The van der Waals surface area contributed by atoms with E-state index in [1.54, 1.807) is 24.3 Å². The molecule has 0 aliphatic carbocycles. The molecule has 3 nitrogen and oxygen atoms in total. The van der Waals surface area contributed by atoms with Gasteiger partial charge in [0.05, 0.1) is 4.90 Å². The number of benzene rings is 2. The van der Waals surface area contributed by atoms with Gasteiger partial charge >= 0.3 is 0 Å². The third kappa shape index (κ3) is 4.47. The Morgan fingerprint density at radius 3 is 2.00 bits per heavy atom. The average molecular weight is 348 g/mol. The molecule has 1 unspecified atom stereocenters. The molecule has 2 aromatic carbocycles. The molecular formula is C18H21NO2S2. The van der Waals surface area contributed by atoms with Gasteiger partial charge in [0, 0.05) is 6.92 Å². The molecular weight excluding hydrogens is 326 g/mol. The number of aryl methyl sites for hydroxylation is 1. The standard InChI is InChI=1S/C18H21NO2S2/c1-14(2)16(4)22(17-8-6-5-7-9-17)19-23(20,21)18-12-10-15(3)11-13-18/h5-13H,1-4H3. The molecule has 0 N–H and O–H groups in total. The molecule has 0 bridgehead atoms. The van der Waals surface area contributed by atoms with Crippen LogP contribution in [-0.4, -0.2) is 8.42 Å². The molecule has 122 valence electrons. The van der Waals surface area contributed by atoms with E-state index in [2.05, 4.69) is 4.13 Å². The molecule has 0 fully saturated rings. The normalized spacial score (nSPS) is 12.7. The van der Waals surface area contributed by atoms with Crippen LogP contribution in [0.1, 0.15) is 26.3 Å². The number of hydrogen-bond acceptors (Lipinski definition) is 2. The summed E-state index contributed by atoms with van der Waals surface area (Å²) in [5.74, 6) is 0. The molecule has 0 heterocycles. The van der Waals surface area contributed by atoms with Crippen LogP contribution >= 0.6 is 0 Å². The fourth-order valence-corrected chi connectivity index (χ4v) is 5.43. The molecule has 0 spiro atoms. The largest absolute Gasteiger partial charge is 0.302 e. The molecule has 1 atom stereocenters. The molecule has 23 heavy (non-hydrogen) atoms. The lowest BCUT2D eigenvalue weighted by molar-refractivity contribution is 0.604. The number of rotatable bonds is 5. The monoisotopic (exact) mass is 347 g/mol. The minimum atomic E-state index is -3.70. The van der Waals surface area contributed by atoms with Crippen LogP contribution in [0.15, 0.2) is 74.9 Å². The van der Waals surface area contributed by atoms with Crippen molar-refractivity contribution >= 4 is 21.1 Å². The molecule has 0 aliphatic heterocycles. The average Bonchev–Trinajstić information content (AvgIpc) is 2.53. The summed E-state index contributed by atoms with van der Waals surface area (Å²) in [5, 5.41) is 0. The van der Waals surface area contributed by atoms with E-state index >= 15 is 0 Å². The second kappa shape index (κ2) is 7.34. The van der Waals surface area contributed by atoms with Crippen molar-refractivity contribution in [2.45, 2.75) is 37.5 Å². The van der Waals surface area contributed by atoms with Crippen molar-refractivity contribution < 1.29 is 8.42 Å². The van der Waals surface area contributed by atoms with Gasteiger partial charge in [-0.2, -0.15) is 0 Å². The first-order valence-electron chi connectivity index (χ1n) is 7.29. The lowest BCUT2D eigenvalue weighted by atomic mass is 10.2. The highest BCUT2D eigenvalue weighted by Crippen LogP contribution is 2.34.